The molecule has 1 amide bonds. The minimum absolute atomic E-state index is 0.199. The molecule has 0 radical (unpaired) electrons. The van der Waals surface area contributed by atoms with Crippen LogP contribution >= 0.6 is 34.7 Å². The quantitative estimate of drug-likeness (QED) is 0.448. The SMILES string of the molecule is CON=C1CCCc2c(C(=O)NN=Cc3ccc(Cl)cc3)sc(SC)c21. The number of rotatable bonds is 5. The van der Waals surface area contributed by atoms with E-state index in [0.717, 1.165) is 45.9 Å². The van der Waals surface area contributed by atoms with E-state index in [4.69, 9.17) is 16.4 Å². The normalized spacial score (nSPS) is 15.3. The van der Waals surface area contributed by atoms with Crippen LogP contribution in [0.2, 0.25) is 5.02 Å². The van der Waals surface area contributed by atoms with Gasteiger partial charge in [-0.3, -0.25) is 4.79 Å². The number of hydrazone groups is 1. The van der Waals surface area contributed by atoms with E-state index in [0.29, 0.717) is 9.90 Å². The predicted octanol–water partition coefficient (Wildman–Crippen LogP) is 4.57. The second-order valence-electron chi connectivity index (χ2n) is 5.60. The Balaban J connectivity index is 1.81. The Morgan fingerprint density at radius 2 is 2.12 bits per heavy atom. The number of fused-ring (bicyclic) bond motifs is 1. The van der Waals surface area contributed by atoms with Crippen molar-refractivity contribution in [2.45, 2.75) is 23.5 Å². The molecule has 0 spiro atoms. The van der Waals surface area contributed by atoms with E-state index in [9.17, 15) is 4.79 Å². The fraction of sp³-hybridized carbons (Fsp3) is 0.278. The first-order valence-corrected chi connectivity index (χ1v) is 10.4. The van der Waals surface area contributed by atoms with Crippen molar-refractivity contribution in [3.63, 3.8) is 0 Å². The molecule has 1 aliphatic carbocycles. The van der Waals surface area contributed by atoms with E-state index < -0.39 is 0 Å². The summed E-state index contributed by atoms with van der Waals surface area (Å²) in [4.78, 5) is 18.3. The molecule has 26 heavy (non-hydrogen) atoms. The van der Waals surface area contributed by atoms with Gasteiger partial charge in [0, 0.05) is 10.6 Å². The average Bonchev–Trinajstić information content (AvgIpc) is 3.03. The number of nitrogens with zero attached hydrogens (tertiary/aromatic N) is 2. The lowest BCUT2D eigenvalue weighted by molar-refractivity contribution is 0.0958. The van der Waals surface area contributed by atoms with E-state index >= 15 is 0 Å². The second-order valence-corrected chi connectivity index (χ2v) is 8.13. The van der Waals surface area contributed by atoms with Gasteiger partial charge in [0.25, 0.3) is 5.91 Å². The molecule has 0 bridgehead atoms. The van der Waals surface area contributed by atoms with Crippen LogP contribution in [0.15, 0.2) is 38.7 Å². The highest BCUT2D eigenvalue weighted by atomic mass is 35.5. The number of hydrogen-bond acceptors (Lipinski definition) is 6. The van der Waals surface area contributed by atoms with Gasteiger partial charge in [-0.25, -0.2) is 5.43 Å². The monoisotopic (exact) mass is 407 g/mol. The summed E-state index contributed by atoms with van der Waals surface area (Å²) in [7, 11) is 1.55. The predicted molar refractivity (Wildman–Crippen MR) is 109 cm³/mol. The van der Waals surface area contributed by atoms with Crippen LogP contribution < -0.4 is 5.43 Å². The van der Waals surface area contributed by atoms with Crippen molar-refractivity contribution in [1.82, 2.24) is 5.43 Å². The number of thiophene rings is 1. The molecule has 1 heterocycles. The Labute approximate surface area is 165 Å². The maximum absolute atomic E-state index is 12.6. The first-order valence-electron chi connectivity index (χ1n) is 8.03. The van der Waals surface area contributed by atoms with E-state index in [2.05, 4.69) is 15.7 Å². The van der Waals surface area contributed by atoms with Gasteiger partial charge in [0.05, 0.1) is 21.0 Å². The Morgan fingerprint density at radius 3 is 2.81 bits per heavy atom. The number of halogens is 1. The first-order chi connectivity index (χ1) is 12.6. The van der Waals surface area contributed by atoms with Crippen LogP contribution in [0.1, 0.15) is 39.2 Å². The lowest BCUT2D eigenvalue weighted by Gasteiger charge is -2.15. The van der Waals surface area contributed by atoms with Gasteiger partial charge < -0.3 is 4.84 Å². The van der Waals surface area contributed by atoms with Gasteiger partial charge in [0.2, 0.25) is 0 Å². The molecule has 0 fully saturated rings. The summed E-state index contributed by atoms with van der Waals surface area (Å²) < 4.78 is 1.09. The molecular weight excluding hydrogens is 390 g/mol. The molecule has 0 saturated heterocycles. The molecular formula is C18H18ClN3O2S2. The summed E-state index contributed by atoms with van der Waals surface area (Å²) in [5, 5.41) is 8.88. The molecule has 2 aromatic rings. The zero-order valence-corrected chi connectivity index (χ0v) is 16.8. The van der Waals surface area contributed by atoms with Crippen molar-refractivity contribution in [3.8, 4) is 0 Å². The summed E-state index contributed by atoms with van der Waals surface area (Å²) in [5.41, 5.74) is 6.50. The van der Waals surface area contributed by atoms with Crippen LogP contribution in [0.25, 0.3) is 0 Å². The molecule has 136 valence electrons. The van der Waals surface area contributed by atoms with Gasteiger partial charge in [-0.1, -0.05) is 28.9 Å². The molecule has 1 aromatic heterocycles. The molecule has 0 atom stereocenters. The summed E-state index contributed by atoms with van der Waals surface area (Å²) in [5.74, 6) is -0.199. The molecule has 0 saturated carbocycles. The number of hydrogen-bond donors (Lipinski definition) is 1. The molecule has 0 unspecified atom stereocenters. The molecule has 5 nitrogen and oxygen atoms in total. The second kappa shape index (κ2) is 8.70. The number of oxime groups is 1. The largest absolute Gasteiger partial charge is 0.399 e. The summed E-state index contributed by atoms with van der Waals surface area (Å²) in [6.45, 7) is 0. The third-order valence-electron chi connectivity index (χ3n) is 3.95. The minimum atomic E-state index is -0.199. The standard InChI is InChI=1S/C18H18ClN3O2S2/c1-24-22-14-5-3-4-13-15(14)18(25-2)26-16(13)17(23)21-20-10-11-6-8-12(19)9-7-11/h6-10H,3-5H2,1-2H3,(H,21,23). The van der Waals surface area contributed by atoms with Gasteiger partial charge in [0.15, 0.2) is 0 Å². The van der Waals surface area contributed by atoms with Crippen molar-refractivity contribution in [2.24, 2.45) is 10.3 Å². The fourth-order valence-corrected chi connectivity index (χ4v) is 4.97. The fourth-order valence-electron chi connectivity index (χ4n) is 2.82. The van der Waals surface area contributed by atoms with Crippen LogP contribution in [0.3, 0.4) is 0 Å². The van der Waals surface area contributed by atoms with E-state index in [1.54, 1.807) is 37.2 Å². The summed E-state index contributed by atoms with van der Waals surface area (Å²) in [6, 6.07) is 7.23. The van der Waals surface area contributed by atoms with Gasteiger partial charge in [0.1, 0.15) is 7.11 Å². The van der Waals surface area contributed by atoms with E-state index in [1.807, 2.05) is 18.4 Å². The Morgan fingerprint density at radius 1 is 1.35 bits per heavy atom. The lowest BCUT2D eigenvalue weighted by atomic mass is 9.92. The van der Waals surface area contributed by atoms with Crippen LogP contribution in [-0.2, 0) is 11.3 Å². The van der Waals surface area contributed by atoms with E-state index in [1.165, 1.54) is 11.3 Å². The number of carbonyl (C=O) groups excluding carboxylic acids is 1. The highest BCUT2D eigenvalue weighted by Crippen LogP contribution is 2.39. The summed E-state index contributed by atoms with van der Waals surface area (Å²) in [6.07, 6.45) is 6.28. The Hall–Kier alpha value is -1.83. The van der Waals surface area contributed by atoms with Gasteiger partial charge in [-0.15, -0.1) is 23.1 Å². The number of thioether (sulfide) groups is 1. The zero-order chi connectivity index (χ0) is 18.5. The van der Waals surface area contributed by atoms with Gasteiger partial charge in [-0.2, -0.15) is 5.10 Å². The molecule has 1 aliphatic rings. The highest BCUT2D eigenvalue weighted by molar-refractivity contribution is 8.00. The summed E-state index contributed by atoms with van der Waals surface area (Å²) >= 11 is 8.97. The topological polar surface area (TPSA) is 63.0 Å². The third kappa shape index (κ3) is 4.11. The number of amides is 1. The molecule has 1 aromatic carbocycles. The lowest BCUT2D eigenvalue weighted by Crippen LogP contribution is -2.20. The first kappa shape index (κ1) is 18.9. The number of nitrogens with one attached hydrogen (secondary N) is 1. The minimum Gasteiger partial charge on any atom is -0.399 e. The zero-order valence-electron chi connectivity index (χ0n) is 14.4. The Bertz CT molecular complexity index is 860. The maximum Gasteiger partial charge on any atom is 0.281 e. The molecule has 3 rings (SSSR count). The van der Waals surface area contributed by atoms with Crippen molar-refractivity contribution in [2.75, 3.05) is 13.4 Å². The number of benzene rings is 1. The smallest absolute Gasteiger partial charge is 0.281 e. The van der Waals surface area contributed by atoms with Gasteiger partial charge in [-0.05, 0) is 48.8 Å². The van der Waals surface area contributed by atoms with Crippen LogP contribution in [0, 0.1) is 0 Å². The molecule has 8 heteroatoms. The van der Waals surface area contributed by atoms with Crippen molar-refractivity contribution < 1.29 is 9.63 Å². The van der Waals surface area contributed by atoms with Crippen LogP contribution in [0.4, 0.5) is 0 Å². The Kier molecular flexibility index (Phi) is 6.34. The van der Waals surface area contributed by atoms with Crippen molar-refractivity contribution >= 4 is 52.5 Å². The molecule has 0 aliphatic heterocycles. The van der Waals surface area contributed by atoms with Crippen molar-refractivity contribution in [3.05, 3.63) is 50.9 Å². The number of carbonyl (C=O) groups is 1. The van der Waals surface area contributed by atoms with E-state index in [-0.39, 0.29) is 5.91 Å². The van der Waals surface area contributed by atoms with Gasteiger partial charge >= 0.3 is 0 Å². The maximum atomic E-state index is 12.6. The molecule has 1 N–H and O–H groups in total. The van der Waals surface area contributed by atoms with Crippen LogP contribution in [0.5, 0.6) is 0 Å². The van der Waals surface area contributed by atoms with Crippen molar-refractivity contribution in [1.29, 1.82) is 0 Å². The average molecular weight is 408 g/mol. The third-order valence-corrected chi connectivity index (χ3v) is 6.55. The highest BCUT2D eigenvalue weighted by Gasteiger charge is 2.28. The van der Waals surface area contributed by atoms with Crippen LogP contribution in [-0.4, -0.2) is 31.2 Å².